The van der Waals surface area contributed by atoms with Gasteiger partial charge in [-0.1, -0.05) is 56.3 Å². The van der Waals surface area contributed by atoms with E-state index in [9.17, 15) is 0 Å². The molecule has 0 aliphatic carbocycles. The molecule has 0 aliphatic rings. The SMILES string of the molecule is CC(C)Cc1ccc(OCCOCC[N+](C)(C)Cc2ccccc2)cc1.[Cl-]. The molecule has 0 aromatic heterocycles. The van der Waals surface area contributed by atoms with Crippen molar-refractivity contribution in [3.63, 3.8) is 0 Å². The van der Waals surface area contributed by atoms with E-state index in [1.54, 1.807) is 0 Å². The maximum absolute atomic E-state index is 5.76. The molecule has 2 aromatic carbocycles. The summed E-state index contributed by atoms with van der Waals surface area (Å²) >= 11 is 0. The first-order valence-electron chi connectivity index (χ1n) is 9.60. The number of hydrogen-bond donors (Lipinski definition) is 0. The van der Waals surface area contributed by atoms with Crippen molar-refractivity contribution in [3.05, 3.63) is 65.7 Å². The lowest BCUT2D eigenvalue weighted by atomic mass is 10.0. The minimum absolute atomic E-state index is 0. The Hall–Kier alpha value is -1.55. The van der Waals surface area contributed by atoms with Gasteiger partial charge in [0.2, 0.25) is 0 Å². The summed E-state index contributed by atoms with van der Waals surface area (Å²) in [5.41, 5.74) is 2.73. The van der Waals surface area contributed by atoms with Crippen LogP contribution in [0.25, 0.3) is 0 Å². The molecule has 0 unspecified atom stereocenters. The predicted molar refractivity (Wildman–Crippen MR) is 108 cm³/mol. The van der Waals surface area contributed by atoms with Crippen molar-refractivity contribution in [1.82, 2.24) is 0 Å². The van der Waals surface area contributed by atoms with Gasteiger partial charge in [-0.3, -0.25) is 0 Å². The summed E-state index contributed by atoms with van der Waals surface area (Å²) in [7, 11) is 4.48. The number of benzene rings is 2. The lowest BCUT2D eigenvalue weighted by Gasteiger charge is -2.29. The smallest absolute Gasteiger partial charge is 0.119 e. The fraction of sp³-hybridized carbons (Fsp3) is 0.478. The fourth-order valence-corrected chi connectivity index (χ4v) is 2.98. The van der Waals surface area contributed by atoms with Crippen LogP contribution in [0.2, 0.25) is 0 Å². The Labute approximate surface area is 171 Å². The second-order valence-corrected chi connectivity index (χ2v) is 8.01. The van der Waals surface area contributed by atoms with Crippen molar-refractivity contribution in [1.29, 1.82) is 0 Å². The zero-order valence-electron chi connectivity index (χ0n) is 17.2. The van der Waals surface area contributed by atoms with E-state index in [1.807, 2.05) is 0 Å². The van der Waals surface area contributed by atoms with Crippen molar-refractivity contribution in [2.75, 3.05) is 40.5 Å². The first-order chi connectivity index (χ1) is 12.4. The Morgan fingerprint density at radius 1 is 0.815 bits per heavy atom. The minimum atomic E-state index is 0. The van der Waals surface area contributed by atoms with Crippen LogP contribution in [0, 0.1) is 5.92 Å². The van der Waals surface area contributed by atoms with Crippen molar-refractivity contribution < 1.29 is 26.4 Å². The average Bonchev–Trinajstić information content (AvgIpc) is 2.59. The van der Waals surface area contributed by atoms with E-state index in [1.165, 1.54) is 11.1 Å². The quantitative estimate of drug-likeness (QED) is 0.427. The van der Waals surface area contributed by atoms with Crippen LogP contribution in [0.5, 0.6) is 5.75 Å². The molecule has 0 aliphatic heterocycles. The zero-order chi connectivity index (χ0) is 18.8. The van der Waals surface area contributed by atoms with Crippen molar-refractivity contribution >= 4 is 0 Å². The molecule has 0 amide bonds. The topological polar surface area (TPSA) is 18.5 Å². The van der Waals surface area contributed by atoms with Crippen LogP contribution >= 0.6 is 0 Å². The zero-order valence-corrected chi connectivity index (χ0v) is 17.9. The van der Waals surface area contributed by atoms with Gasteiger partial charge in [0.1, 0.15) is 25.4 Å². The van der Waals surface area contributed by atoms with Crippen molar-refractivity contribution in [3.8, 4) is 5.75 Å². The van der Waals surface area contributed by atoms with Gasteiger partial charge in [-0.2, -0.15) is 0 Å². The van der Waals surface area contributed by atoms with E-state index in [4.69, 9.17) is 9.47 Å². The molecule has 0 bridgehead atoms. The van der Waals surface area contributed by atoms with Gasteiger partial charge in [0, 0.05) is 5.56 Å². The van der Waals surface area contributed by atoms with Crippen LogP contribution in [0.1, 0.15) is 25.0 Å². The second-order valence-electron chi connectivity index (χ2n) is 8.01. The number of quaternary nitrogens is 1. The third kappa shape index (κ3) is 9.81. The number of halogens is 1. The molecular weight excluding hydrogens is 358 g/mol. The number of rotatable bonds is 11. The lowest BCUT2D eigenvalue weighted by molar-refractivity contribution is -0.904. The van der Waals surface area contributed by atoms with E-state index in [0.717, 1.165) is 36.3 Å². The maximum atomic E-state index is 5.76. The Balaban J connectivity index is 0.00000364. The molecule has 0 atom stereocenters. The molecule has 0 radical (unpaired) electrons. The number of ether oxygens (including phenoxy) is 2. The lowest BCUT2D eigenvalue weighted by Crippen LogP contribution is -3.00. The average molecular weight is 392 g/mol. The molecule has 0 saturated carbocycles. The summed E-state index contributed by atoms with van der Waals surface area (Å²) in [6.45, 7) is 8.44. The molecule has 0 saturated heterocycles. The van der Waals surface area contributed by atoms with Gasteiger partial charge in [-0.05, 0) is 30.0 Å². The van der Waals surface area contributed by atoms with Crippen LogP contribution in [0.15, 0.2) is 54.6 Å². The Kier molecular flexibility index (Phi) is 10.5. The van der Waals surface area contributed by atoms with Crippen LogP contribution in [0.3, 0.4) is 0 Å². The highest BCUT2D eigenvalue weighted by molar-refractivity contribution is 5.27. The maximum Gasteiger partial charge on any atom is 0.119 e. The summed E-state index contributed by atoms with van der Waals surface area (Å²) in [4.78, 5) is 0. The molecule has 2 rings (SSSR count). The van der Waals surface area contributed by atoms with Gasteiger partial charge in [-0.25, -0.2) is 0 Å². The van der Waals surface area contributed by atoms with Crippen LogP contribution in [-0.2, 0) is 17.7 Å². The normalized spacial score (nSPS) is 11.3. The van der Waals surface area contributed by atoms with Crippen LogP contribution in [0.4, 0.5) is 0 Å². The molecule has 2 aromatic rings. The van der Waals surface area contributed by atoms with E-state index in [2.05, 4.69) is 82.5 Å². The number of hydrogen-bond acceptors (Lipinski definition) is 2. The first-order valence-corrected chi connectivity index (χ1v) is 9.60. The molecule has 0 fully saturated rings. The molecule has 4 heteroatoms. The van der Waals surface area contributed by atoms with Gasteiger partial charge in [0.05, 0.1) is 27.3 Å². The van der Waals surface area contributed by atoms with Crippen LogP contribution < -0.4 is 17.1 Å². The highest BCUT2D eigenvalue weighted by atomic mass is 35.5. The Morgan fingerprint density at radius 3 is 2.11 bits per heavy atom. The third-order valence-electron chi connectivity index (χ3n) is 4.36. The Bertz CT molecular complexity index is 627. The fourth-order valence-electron chi connectivity index (χ4n) is 2.98. The standard InChI is InChI=1S/C23H34NO2.ClH/c1-20(2)18-21-10-12-23(13-11-21)26-17-16-25-15-14-24(3,4)19-22-8-6-5-7-9-22;/h5-13,20H,14-19H2,1-4H3;1H/q+1;/p-1. The summed E-state index contributed by atoms with van der Waals surface area (Å²) in [5.74, 6) is 1.60. The highest BCUT2D eigenvalue weighted by Gasteiger charge is 2.15. The predicted octanol–water partition coefficient (Wildman–Crippen LogP) is 1.56. The van der Waals surface area contributed by atoms with Gasteiger partial charge >= 0.3 is 0 Å². The molecule has 0 heterocycles. The molecule has 0 spiro atoms. The molecule has 150 valence electrons. The van der Waals surface area contributed by atoms with Gasteiger partial charge < -0.3 is 26.4 Å². The van der Waals surface area contributed by atoms with Crippen LogP contribution in [-0.4, -0.2) is 44.9 Å². The molecular formula is C23H34ClNO2. The molecule has 27 heavy (non-hydrogen) atoms. The highest BCUT2D eigenvalue weighted by Crippen LogP contribution is 2.15. The summed E-state index contributed by atoms with van der Waals surface area (Å²) < 4.78 is 12.4. The van der Waals surface area contributed by atoms with Crippen molar-refractivity contribution in [2.24, 2.45) is 5.92 Å². The summed E-state index contributed by atoms with van der Waals surface area (Å²) in [6, 6.07) is 19.0. The second kappa shape index (κ2) is 12.0. The van der Waals surface area contributed by atoms with E-state index in [0.29, 0.717) is 19.1 Å². The largest absolute Gasteiger partial charge is 1.00 e. The molecule has 3 nitrogen and oxygen atoms in total. The third-order valence-corrected chi connectivity index (χ3v) is 4.36. The number of nitrogens with zero attached hydrogens (tertiary/aromatic N) is 1. The number of likely N-dealkylation sites (N-methyl/N-ethyl adjacent to an activating group) is 1. The monoisotopic (exact) mass is 391 g/mol. The summed E-state index contributed by atoms with van der Waals surface area (Å²) in [5, 5.41) is 0. The Morgan fingerprint density at radius 2 is 1.48 bits per heavy atom. The van der Waals surface area contributed by atoms with E-state index >= 15 is 0 Å². The minimum Gasteiger partial charge on any atom is -1.00 e. The van der Waals surface area contributed by atoms with Gasteiger partial charge in [0.25, 0.3) is 0 Å². The van der Waals surface area contributed by atoms with Gasteiger partial charge in [0.15, 0.2) is 0 Å². The summed E-state index contributed by atoms with van der Waals surface area (Å²) in [6.07, 6.45) is 1.11. The van der Waals surface area contributed by atoms with E-state index < -0.39 is 0 Å². The van der Waals surface area contributed by atoms with Gasteiger partial charge in [-0.15, -0.1) is 0 Å². The van der Waals surface area contributed by atoms with E-state index in [-0.39, 0.29) is 12.4 Å². The van der Waals surface area contributed by atoms with Crippen molar-refractivity contribution in [2.45, 2.75) is 26.8 Å². The first kappa shape index (κ1) is 23.5. The molecule has 0 N–H and O–H groups in total.